The first kappa shape index (κ1) is 19.2. The van der Waals surface area contributed by atoms with Crippen LogP contribution in [-0.4, -0.2) is 38.1 Å². The van der Waals surface area contributed by atoms with Gasteiger partial charge >= 0.3 is 0 Å². The molecule has 2 aromatic rings. The number of rotatable bonds is 7. The van der Waals surface area contributed by atoms with Crippen molar-refractivity contribution in [3.05, 3.63) is 58.9 Å². The number of hydrogen-bond acceptors (Lipinski definition) is 4. The third-order valence-corrected chi connectivity index (χ3v) is 4.86. The summed E-state index contributed by atoms with van der Waals surface area (Å²) in [5.74, 6) is 1.21. The number of carbonyl (C=O) groups excluding carboxylic acids is 1. The van der Waals surface area contributed by atoms with Gasteiger partial charge in [-0.05, 0) is 47.4 Å². The molecule has 144 valence electrons. The minimum atomic E-state index is -0.273. The molecule has 1 aliphatic heterocycles. The molecule has 1 heterocycles. The average molecular weight is 372 g/mol. The van der Waals surface area contributed by atoms with Crippen LogP contribution in [0.15, 0.2) is 36.4 Å². The smallest absolute Gasteiger partial charge is 0.221 e. The minimum Gasteiger partial charge on any atom is -0.493 e. The number of nitrogens with zero attached hydrogens (tertiary/aromatic N) is 1. The number of fused-ring (bicyclic) bond motifs is 1. The Bertz CT molecular complexity index is 793. The molecule has 0 aromatic heterocycles. The minimum absolute atomic E-state index is 0.00238. The molecule has 0 radical (unpaired) electrons. The normalized spacial score (nSPS) is 13.7. The van der Waals surface area contributed by atoms with Crippen LogP contribution in [0, 0.1) is 5.82 Å². The van der Waals surface area contributed by atoms with Crippen LogP contribution in [0.2, 0.25) is 0 Å². The predicted molar refractivity (Wildman–Crippen MR) is 101 cm³/mol. The number of hydrogen-bond donors (Lipinski definition) is 1. The van der Waals surface area contributed by atoms with Crippen LogP contribution in [-0.2, 0) is 24.3 Å². The molecule has 1 aliphatic rings. The maximum atomic E-state index is 12.9. The van der Waals surface area contributed by atoms with E-state index < -0.39 is 0 Å². The van der Waals surface area contributed by atoms with Crippen LogP contribution >= 0.6 is 0 Å². The Kier molecular flexibility index (Phi) is 6.29. The van der Waals surface area contributed by atoms with Crippen LogP contribution in [0.1, 0.15) is 23.1 Å². The molecule has 0 fully saturated rings. The molecule has 1 amide bonds. The number of nitrogens with one attached hydrogen (secondary N) is 1. The van der Waals surface area contributed by atoms with Gasteiger partial charge in [0.1, 0.15) is 5.82 Å². The van der Waals surface area contributed by atoms with Crippen molar-refractivity contribution >= 4 is 5.91 Å². The number of amides is 1. The third kappa shape index (κ3) is 4.98. The lowest BCUT2D eigenvalue weighted by Crippen LogP contribution is -2.34. The molecular formula is C21H25FN2O3. The Hall–Kier alpha value is -2.60. The lowest BCUT2D eigenvalue weighted by Gasteiger charge is -2.29. The standard InChI is InChI=1S/C21H25FN2O3/c1-26-19-11-16-7-9-24(14-17(16)12-20(19)27-2)10-8-21(25)23-13-15-3-5-18(22)6-4-15/h3-6,11-12H,7-10,13-14H2,1-2H3,(H,23,25). The summed E-state index contributed by atoms with van der Waals surface area (Å²) in [6.45, 7) is 2.82. The number of benzene rings is 2. The monoisotopic (exact) mass is 372 g/mol. The summed E-state index contributed by atoms with van der Waals surface area (Å²) in [5.41, 5.74) is 3.37. The Morgan fingerprint density at radius 3 is 2.44 bits per heavy atom. The van der Waals surface area contributed by atoms with E-state index in [0.717, 1.165) is 36.6 Å². The van der Waals surface area contributed by atoms with Gasteiger partial charge < -0.3 is 14.8 Å². The quantitative estimate of drug-likeness (QED) is 0.812. The van der Waals surface area contributed by atoms with Crippen molar-refractivity contribution in [3.63, 3.8) is 0 Å². The Morgan fingerprint density at radius 1 is 1.11 bits per heavy atom. The maximum absolute atomic E-state index is 12.9. The molecule has 0 atom stereocenters. The fourth-order valence-electron chi connectivity index (χ4n) is 3.28. The second kappa shape index (κ2) is 8.86. The van der Waals surface area contributed by atoms with Crippen LogP contribution in [0.5, 0.6) is 11.5 Å². The maximum Gasteiger partial charge on any atom is 0.221 e. The molecule has 27 heavy (non-hydrogen) atoms. The van der Waals surface area contributed by atoms with E-state index in [9.17, 15) is 9.18 Å². The number of carbonyl (C=O) groups is 1. The zero-order valence-corrected chi connectivity index (χ0v) is 15.8. The van der Waals surface area contributed by atoms with E-state index in [0.29, 0.717) is 19.5 Å². The topological polar surface area (TPSA) is 50.8 Å². The lowest BCUT2D eigenvalue weighted by atomic mass is 9.98. The molecule has 0 aliphatic carbocycles. The van der Waals surface area contributed by atoms with Gasteiger partial charge in [-0.3, -0.25) is 9.69 Å². The molecule has 0 unspecified atom stereocenters. The van der Waals surface area contributed by atoms with E-state index >= 15 is 0 Å². The van der Waals surface area contributed by atoms with E-state index in [2.05, 4.69) is 10.2 Å². The molecule has 5 nitrogen and oxygen atoms in total. The van der Waals surface area contributed by atoms with Crippen LogP contribution in [0.4, 0.5) is 4.39 Å². The summed E-state index contributed by atoms with van der Waals surface area (Å²) in [6, 6.07) is 10.2. The zero-order valence-electron chi connectivity index (χ0n) is 15.8. The summed E-state index contributed by atoms with van der Waals surface area (Å²) >= 11 is 0. The highest BCUT2D eigenvalue weighted by Crippen LogP contribution is 2.33. The summed E-state index contributed by atoms with van der Waals surface area (Å²) in [5, 5.41) is 2.89. The summed E-state index contributed by atoms with van der Waals surface area (Å²) < 4.78 is 23.7. The number of methoxy groups -OCH3 is 2. The SMILES string of the molecule is COc1cc2c(cc1OC)CN(CCC(=O)NCc1ccc(F)cc1)CC2. The molecule has 0 saturated carbocycles. The van der Waals surface area contributed by atoms with Crippen molar-refractivity contribution in [1.82, 2.24) is 10.2 Å². The molecule has 1 N–H and O–H groups in total. The predicted octanol–water partition coefficient (Wildman–Crippen LogP) is 2.91. The van der Waals surface area contributed by atoms with E-state index in [-0.39, 0.29) is 11.7 Å². The molecule has 6 heteroatoms. The molecule has 0 saturated heterocycles. The first-order valence-corrected chi connectivity index (χ1v) is 9.06. The first-order valence-electron chi connectivity index (χ1n) is 9.06. The Morgan fingerprint density at radius 2 is 1.78 bits per heavy atom. The van der Waals surface area contributed by atoms with Gasteiger partial charge in [-0.25, -0.2) is 4.39 Å². The second-order valence-electron chi connectivity index (χ2n) is 6.66. The van der Waals surface area contributed by atoms with E-state index in [1.807, 2.05) is 12.1 Å². The molecule has 0 bridgehead atoms. The van der Waals surface area contributed by atoms with Crippen molar-refractivity contribution < 1.29 is 18.7 Å². The highest BCUT2D eigenvalue weighted by Gasteiger charge is 2.19. The van der Waals surface area contributed by atoms with Crippen LogP contribution < -0.4 is 14.8 Å². The van der Waals surface area contributed by atoms with Gasteiger partial charge in [-0.15, -0.1) is 0 Å². The highest BCUT2D eigenvalue weighted by atomic mass is 19.1. The Balaban J connectivity index is 1.49. The van der Waals surface area contributed by atoms with Crippen LogP contribution in [0.3, 0.4) is 0 Å². The zero-order chi connectivity index (χ0) is 19.2. The first-order chi connectivity index (χ1) is 13.1. The van der Waals surface area contributed by atoms with Crippen molar-refractivity contribution in [2.75, 3.05) is 27.3 Å². The third-order valence-electron chi connectivity index (χ3n) is 4.86. The lowest BCUT2D eigenvalue weighted by molar-refractivity contribution is -0.121. The largest absolute Gasteiger partial charge is 0.493 e. The van der Waals surface area contributed by atoms with Crippen molar-refractivity contribution in [3.8, 4) is 11.5 Å². The molecular weight excluding hydrogens is 347 g/mol. The fraction of sp³-hybridized carbons (Fsp3) is 0.381. The van der Waals surface area contributed by atoms with E-state index in [4.69, 9.17) is 9.47 Å². The van der Waals surface area contributed by atoms with Gasteiger partial charge in [0.05, 0.1) is 14.2 Å². The summed E-state index contributed by atoms with van der Waals surface area (Å²) in [7, 11) is 3.28. The van der Waals surface area contributed by atoms with Crippen LogP contribution in [0.25, 0.3) is 0 Å². The van der Waals surface area contributed by atoms with Gasteiger partial charge in [0.2, 0.25) is 5.91 Å². The van der Waals surface area contributed by atoms with E-state index in [1.54, 1.807) is 26.4 Å². The number of halogens is 1. The number of ether oxygens (including phenoxy) is 2. The summed E-state index contributed by atoms with van der Waals surface area (Å²) in [4.78, 5) is 14.4. The average Bonchev–Trinajstić information content (AvgIpc) is 2.70. The summed E-state index contributed by atoms with van der Waals surface area (Å²) in [6.07, 6.45) is 1.36. The molecule has 3 rings (SSSR count). The van der Waals surface area contributed by atoms with E-state index in [1.165, 1.54) is 23.3 Å². The van der Waals surface area contributed by atoms with Gasteiger partial charge in [-0.2, -0.15) is 0 Å². The molecule has 0 spiro atoms. The fourth-order valence-corrected chi connectivity index (χ4v) is 3.28. The highest BCUT2D eigenvalue weighted by molar-refractivity contribution is 5.76. The Labute approximate surface area is 159 Å². The van der Waals surface area contributed by atoms with Gasteiger partial charge in [0.15, 0.2) is 11.5 Å². The second-order valence-corrected chi connectivity index (χ2v) is 6.66. The van der Waals surface area contributed by atoms with Gasteiger partial charge in [0, 0.05) is 32.6 Å². The van der Waals surface area contributed by atoms with Crippen molar-refractivity contribution in [2.24, 2.45) is 0 Å². The van der Waals surface area contributed by atoms with Gasteiger partial charge in [-0.1, -0.05) is 12.1 Å². The van der Waals surface area contributed by atoms with Crippen molar-refractivity contribution in [2.45, 2.75) is 25.9 Å². The van der Waals surface area contributed by atoms with Crippen molar-refractivity contribution in [1.29, 1.82) is 0 Å². The van der Waals surface area contributed by atoms with Gasteiger partial charge in [0.25, 0.3) is 0 Å². The molecule has 2 aromatic carbocycles.